The van der Waals surface area contributed by atoms with Gasteiger partial charge in [0.25, 0.3) is 0 Å². The van der Waals surface area contributed by atoms with E-state index in [4.69, 9.17) is 4.74 Å². The van der Waals surface area contributed by atoms with Crippen LogP contribution in [0.25, 0.3) is 32.9 Å². The summed E-state index contributed by atoms with van der Waals surface area (Å²) in [5.41, 5.74) is 0.974. The van der Waals surface area contributed by atoms with Gasteiger partial charge in [-0.15, -0.1) is 13.2 Å². The van der Waals surface area contributed by atoms with Gasteiger partial charge in [0, 0.05) is 23.4 Å². The second-order valence-electron chi connectivity index (χ2n) is 6.69. The Morgan fingerprint density at radius 3 is 2.61 bits per heavy atom. The van der Waals surface area contributed by atoms with Crippen LogP contribution in [0.15, 0.2) is 36.7 Å². The Morgan fingerprint density at radius 1 is 1.13 bits per heavy atom. The molecule has 0 spiro atoms. The largest absolute Gasteiger partial charge is 0.573 e. The van der Waals surface area contributed by atoms with Crippen molar-refractivity contribution in [3.05, 3.63) is 42.5 Å². The van der Waals surface area contributed by atoms with Gasteiger partial charge in [-0.1, -0.05) is 0 Å². The number of aryl methyl sites for hydroxylation is 1. The van der Waals surface area contributed by atoms with Gasteiger partial charge < -0.3 is 9.47 Å². The summed E-state index contributed by atoms with van der Waals surface area (Å²) in [5, 5.41) is 8.87. The van der Waals surface area contributed by atoms with Crippen LogP contribution in [0.4, 0.5) is 17.6 Å². The van der Waals surface area contributed by atoms with Crippen molar-refractivity contribution in [1.29, 1.82) is 0 Å². The molecule has 0 N–H and O–H groups in total. The van der Waals surface area contributed by atoms with Crippen molar-refractivity contribution in [3.63, 3.8) is 0 Å². The Balaban J connectivity index is 1.92. The number of aromatic nitrogens is 4. The van der Waals surface area contributed by atoms with Gasteiger partial charge >= 0.3 is 12.3 Å². The number of carbonyl (C=O) groups is 1. The van der Waals surface area contributed by atoms with Crippen LogP contribution in [0.2, 0.25) is 0 Å². The molecular weight excluding hydrogens is 420 g/mol. The molecule has 0 fully saturated rings. The molecule has 0 amide bonds. The van der Waals surface area contributed by atoms with Crippen LogP contribution in [-0.2, 0) is 23.1 Å². The lowest BCUT2D eigenvalue weighted by Gasteiger charge is -2.14. The minimum absolute atomic E-state index is 0.102. The fourth-order valence-electron chi connectivity index (χ4n) is 3.44. The van der Waals surface area contributed by atoms with E-state index in [2.05, 4.69) is 14.9 Å². The molecule has 7 nitrogen and oxygen atoms in total. The van der Waals surface area contributed by atoms with Gasteiger partial charge in [0.1, 0.15) is 17.9 Å². The molecular formula is C20H16F4N4O3. The normalized spacial score (nSPS) is 11.9. The lowest BCUT2D eigenvalue weighted by Crippen LogP contribution is -2.19. The molecule has 0 atom stereocenters. The zero-order valence-electron chi connectivity index (χ0n) is 16.4. The molecule has 2 aromatic carbocycles. The van der Waals surface area contributed by atoms with Crippen molar-refractivity contribution in [2.75, 3.05) is 6.61 Å². The summed E-state index contributed by atoms with van der Waals surface area (Å²) in [6.45, 7) is 1.27. The summed E-state index contributed by atoms with van der Waals surface area (Å²) in [6.07, 6.45) is -2.19. The Kier molecular flexibility index (Phi) is 5.03. The van der Waals surface area contributed by atoms with Crippen LogP contribution in [0.1, 0.15) is 6.92 Å². The number of nitrogens with zero attached hydrogens (tertiary/aromatic N) is 4. The van der Waals surface area contributed by atoms with E-state index in [9.17, 15) is 22.4 Å². The predicted octanol–water partition coefficient (Wildman–Crippen LogP) is 4.19. The third-order valence-corrected chi connectivity index (χ3v) is 4.70. The second-order valence-corrected chi connectivity index (χ2v) is 6.69. The molecule has 0 aliphatic rings. The van der Waals surface area contributed by atoms with E-state index in [1.165, 1.54) is 24.5 Å². The molecule has 4 rings (SSSR count). The van der Waals surface area contributed by atoms with Crippen LogP contribution in [0.3, 0.4) is 0 Å². The number of benzene rings is 2. The first-order valence-electron chi connectivity index (χ1n) is 9.19. The molecule has 0 unspecified atom stereocenters. The monoisotopic (exact) mass is 436 g/mol. The lowest BCUT2D eigenvalue weighted by atomic mass is 9.99. The Bertz CT molecular complexity index is 1290. The quantitative estimate of drug-likeness (QED) is 0.347. The van der Waals surface area contributed by atoms with Crippen molar-refractivity contribution in [2.45, 2.75) is 19.8 Å². The topological polar surface area (TPSA) is 71.2 Å². The number of hydrogen-bond acceptors (Lipinski definition) is 5. The van der Waals surface area contributed by atoms with Crippen molar-refractivity contribution >= 4 is 27.8 Å². The average molecular weight is 436 g/mol. The first kappa shape index (κ1) is 20.6. The van der Waals surface area contributed by atoms with Crippen molar-refractivity contribution in [3.8, 4) is 16.9 Å². The maximum atomic E-state index is 14.9. The molecule has 0 saturated carbocycles. The molecule has 0 bridgehead atoms. The van der Waals surface area contributed by atoms with Crippen LogP contribution < -0.4 is 4.74 Å². The maximum Gasteiger partial charge on any atom is 0.573 e. The van der Waals surface area contributed by atoms with E-state index in [0.717, 1.165) is 10.7 Å². The molecule has 0 saturated heterocycles. The van der Waals surface area contributed by atoms with Gasteiger partial charge in [0.15, 0.2) is 5.75 Å². The fourth-order valence-corrected chi connectivity index (χ4v) is 3.44. The maximum absolute atomic E-state index is 14.9. The summed E-state index contributed by atoms with van der Waals surface area (Å²) < 4.78 is 65.3. The number of esters is 1. The number of alkyl halides is 3. The zero-order valence-corrected chi connectivity index (χ0v) is 16.4. The van der Waals surface area contributed by atoms with E-state index in [1.807, 2.05) is 0 Å². The van der Waals surface area contributed by atoms with Gasteiger partial charge in [-0.3, -0.25) is 9.48 Å². The predicted molar refractivity (Wildman–Crippen MR) is 103 cm³/mol. The Hall–Kier alpha value is -3.63. The van der Waals surface area contributed by atoms with E-state index in [1.54, 1.807) is 24.7 Å². The summed E-state index contributed by atoms with van der Waals surface area (Å²) in [5.74, 6) is -1.82. The van der Waals surface area contributed by atoms with Crippen LogP contribution >= 0.6 is 0 Å². The molecule has 0 radical (unpaired) electrons. The van der Waals surface area contributed by atoms with E-state index < -0.39 is 30.4 Å². The van der Waals surface area contributed by atoms with Gasteiger partial charge in [-0.05, 0) is 36.8 Å². The van der Waals surface area contributed by atoms with Crippen molar-refractivity contribution in [1.82, 2.24) is 19.6 Å². The van der Waals surface area contributed by atoms with Crippen LogP contribution in [0.5, 0.6) is 5.75 Å². The van der Waals surface area contributed by atoms with Gasteiger partial charge in [-0.2, -0.15) is 10.2 Å². The zero-order chi connectivity index (χ0) is 22.3. The van der Waals surface area contributed by atoms with Gasteiger partial charge in [-0.25, -0.2) is 9.07 Å². The third kappa shape index (κ3) is 3.90. The lowest BCUT2D eigenvalue weighted by molar-refractivity contribution is -0.274. The first-order valence-corrected chi connectivity index (χ1v) is 9.19. The smallest absolute Gasteiger partial charge is 0.465 e. The number of ether oxygens (including phenoxy) is 2. The summed E-state index contributed by atoms with van der Waals surface area (Å²) >= 11 is 0. The minimum Gasteiger partial charge on any atom is -0.465 e. The highest BCUT2D eigenvalue weighted by atomic mass is 19.4. The minimum atomic E-state index is -4.97. The second kappa shape index (κ2) is 7.56. The number of carbonyl (C=O) groups excluding carboxylic acids is 1. The molecule has 2 heterocycles. The molecule has 162 valence electrons. The Labute approximate surface area is 172 Å². The van der Waals surface area contributed by atoms with Crippen LogP contribution in [-0.4, -0.2) is 38.5 Å². The molecule has 31 heavy (non-hydrogen) atoms. The van der Waals surface area contributed by atoms with Crippen molar-refractivity contribution in [2.24, 2.45) is 7.05 Å². The molecule has 2 aromatic heterocycles. The SMILES string of the molecule is CCOC(=O)Cn1ncc2c(-c3cc4c(cnn4C)cc3F)ccc(OC(F)(F)F)c21. The summed E-state index contributed by atoms with van der Waals surface area (Å²) in [4.78, 5) is 11.9. The molecule has 11 heteroatoms. The number of fused-ring (bicyclic) bond motifs is 2. The highest BCUT2D eigenvalue weighted by Gasteiger charge is 2.33. The summed E-state index contributed by atoms with van der Waals surface area (Å²) in [7, 11) is 1.69. The van der Waals surface area contributed by atoms with E-state index >= 15 is 0 Å². The molecule has 0 aliphatic carbocycles. The van der Waals surface area contributed by atoms with Crippen LogP contribution in [0, 0.1) is 5.82 Å². The third-order valence-electron chi connectivity index (χ3n) is 4.70. The average Bonchev–Trinajstić information content (AvgIpc) is 3.25. The number of halogens is 4. The first-order chi connectivity index (χ1) is 14.7. The Morgan fingerprint density at radius 2 is 1.90 bits per heavy atom. The fraction of sp³-hybridized carbons (Fsp3) is 0.250. The number of rotatable bonds is 5. The standard InChI is InChI=1S/C20H16F4N4O3/c1-3-30-18(29)10-28-19-14(9-26-28)12(4-5-17(19)31-20(22,23)24)13-7-16-11(6-15(13)21)8-25-27(16)2/h4-9H,3,10H2,1-2H3. The molecule has 4 aromatic rings. The van der Waals surface area contributed by atoms with E-state index in [-0.39, 0.29) is 23.1 Å². The van der Waals surface area contributed by atoms with E-state index in [0.29, 0.717) is 16.5 Å². The van der Waals surface area contributed by atoms with Gasteiger partial charge in [0.2, 0.25) is 0 Å². The molecule has 0 aliphatic heterocycles. The van der Waals surface area contributed by atoms with Gasteiger partial charge in [0.05, 0.1) is 24.5 Å². The highest BCUT2D eigenvalue weighted by molar-refractivity contribution is 6.00. The highest BCUT2D eigenvalue weighted by Crippen LogP contribution is 2.38. The summed E-state index contributed by atoms with van der Waals surface area (Å²) in [6, 6.07) is 5.24. The number of hydrogen-bond donors (Lipinski definition) is 0. The van der Waals surface area contributed by atoms with Crippen molar-refractivity contribution < 1.29 is 31.8 Å².